The lowest BCUT2D eigenvalue weighted by molar-refractivity contribution is -0.139. The topological polar surface area (TPSA) is 131 Å². The van der Waals surface area contributed by atoms with Gasteiger partial charge in [-0.1, -0.05) is 0 Å². The van der Waals surface area contributed by atoms with Crippen molar-refractivity contribution < 1.29 is 27.6 Å². The normalized spacial score (nSPS) is 17.2. The van der Waals surface area contributed by atoms with Crippen LogP contribution in [0.4, 0.5) is 19.0 Å². The Balaban J connectivity index is 1.45. The largest absolute Gasteiger partial charge is 0.405 e. The van der Waals surface area contributed by atoms with Crippen LogP contribution in [0.1, 0.15) is 61.6 Å². The minimum Gasteiger partial charge on any atom is -0.346 e. The van der Waals surface area contributed by atoms with Crippen molar-refractivity contribution in [2.24, 2.45) is 17.8 Å². The molecule has 200 valence electrons. The minimum atomic E-state index is -4.52. The standard InChI is InChI=1S/C24H30F3N7O3/c1-3-34-17(8-9-31-34)22(36)33-20(19(14-4-5-14)15-6-7-15)23(37)32-18-11-28-16(10-29-18)13(2)21(35)30-12-24(25,26)27/h8-11,13-15,19-20H,3-7,12H2,1-2H3,(H,30,35)(H,33,36)(H,29,32,37). The number of aromatic nitrogens is 4. The number of amides is 3. The van der Waals surface area contributed by atoms with Gasteiger partial charge in [0.25, 0.3) is 5.91 Å². The van der Waals surface area contributed by atoms with E-state index in [0.717, 1.165) is 25.7 Å². The van der Waals surface area contributed by atoms with Crippen molar-refractivity contribution in [3.63, 3.8) is 0 Å². The van der Waals surface area contributed by atoms with Crippen molar-refractivity contribution >= 4 is 23.5 Å². The van der Waals surface area contributed by atoms with E-state index >= 15 is 0 Å². The SMILES string of the molecule is CCn1nccc1C(=O)NC(C(=O)Nc1cnc(C(C)C(=O)NCC(F)(F)F)cn1)C(C1CC1)C1CC1. The van der Waals surface area contributed by atoms with Gasteiger partial charge in [-0.3, -0.25) is 24.0 Å². The molecule has 3 N–H and O–H groups in total. The molecule has 2 aromatic heterocycles. The van der Waals surface area contributed by atoms with Crippen LogP contribution in [0.5, 0.6) is 0 Å². The number of nitrogens with zero attached hydrogens (tertiary/aromatic N) is 4. The first-order chi connectivity index (χ1) is 17.6. The molecule has 13 heteroatoms. The summed E-state index contributed by atoms with van der Waals surface area (Å²) in [4.78, 5) is 46.7. The summed E-state index contributed by atoms with van der Waals surface area (Å²) in [5, 5.41) is 11.6. The maximum absolute atomic E-state index is 13.4. The van der Waals surface area contributed by atoms with E-state index in [4.69, 9.17) is 0 Å². The van der Waals surface area contributed by atoms with Crippen molar-refractivity contribution in [2.45, 2.75) is 64.2 Å². The fourth-order valence-corrected chi connectivity index (χ4v) is 4.53. The lowest BCUT2D eigenvalue weighted by Gasteiger charge is -2.27. The Hall–Kier alpha value is -3.51. The highest BCUT2D eigenvalue weighted by molar-refractivity contribution is 6.00. The number of alkyl halides is 3. The number of carbonyl (C=O) groups excluding carboxylic acids is 3. The molecular formula is C24H30F3N7O3. The highest BCUT2D eigenvalue weighted by Crippen LogP contribution is 2.50. The summed E-state index contributed by atoms with van der Waals surface area (Å²) in [7, 11) is 0. The Bertz CT molecular complexity index is 1120. The summed E-state index contributed by atoms with van der Waals surface area (Å²) < 4.78 is 38.7. The lowest BCUT2D eigenvalue weighted by Crippen LogP contribution is -2.50. The Morgan fingerprint density at radius 3 is 2.30 bits per heavy atom. The van der Waals surface area contributed by atoms with E-state index in [1.165, 1.54) is 25.5 Å². The molecule has 10 nitrogen and oxygen atoms in total. The Morgan fingerprint density at radius 2 is 1.76 bits per heavy atom. The van der Waals surface area contributed by atoms with E-state index in [1.54, 1.807) is 10.7 Å². The summed E-state index contributed by atoms with van der Waals surface area (Å²) in [5.41, 5.74) is 0.525. The molecular weight excluding hydrogens is 491 g/mol. The molecule has 0 aliphatic heterocycles. The average molecular weight is 522 g/mol. The van der Waals surface area contributed by atoms with Gasteiger partial charge in [0, 0.05) is 12.7 Å². The molecule has 4 rings (SSSR count). The van der Waals surface area contributed by atoms with E-state index in [1.807, 2.05) is 12.2 Å². The quantitative estimate of drug-likeness (QED) is 0.417. The van der Waals surface area contributed by atoms with Gasteiger partial charge in [0.15, 0.2) is 5.82 Å². The second kappa shape index (κ2) is 10.9. The third kappa shape index (κ3) is 6.83. The number of halogens is 3. The van der Waals surface area contributed by atoms with Crippen molar-refractivity contribution in [1.82, 2.24) is 30.4 Å². The third-order valence-corrected chi connectivity index (χ3v) is 6.76. The first-order valence-corrected chi connectivity index (χ1v) is 12.4. The van der Waals surface area contributed by atoms with E-state index in [2.05, 4.69) is 25.7 Å². The van der Waals surface area contributed by atoms with Gasteiger partial charge in [-0.05, 0) is 63.4 Å². The highest BCUT2D eigenvalue weighted by atomic mass is 19.4. The van der Waals surface area contributed by atoms with Crippen LogP contribution in [-0.4, -0.2) is 56.2 Å². The van der Waals surface area contributed by atoms with Crippen molar-refractivity contribution in [3.8, 4) is 0 Å². The van der Waals surface area contributed by atoms with Crippen LogP contribution < -0.4 is 16.0 Å². The van der Waals surface area contributed by atoms with Crippen molar-refractivity contribution in [2.75, 3.05) is 11.9 Å². The van der Waals surface area contributed by atoms with Gasteiger partial charge in [0.1, 0.15) is 18.3 Å². The Kier molecular flexibility index (Phi) is 7.79. The van der Waals surface area contributed by atoms with E-state index in [-0.39, 0.29) is 23.3 Å². The molecule has 2 aromatic rings. The summed E-state index contributed by atoms with van der Waals surface area (Å²) in [6.45, 7) is 2.35. The lowest BCUT2D eigenvalue weighted by atomic mass is 9.88. The molecule has 2 unspecified atom stereocenters. The zero-order chi connectivity index (χ0) is 26.7. The van der Waals surface area contributed by atoms with Gasteiger partial charge in [-0.2, -0.15) is 18.3 Å². The summed E-state index contributed by atoms with van der Waals surface area (Å²) in [5.74, 6) is -1.76. The minimum absolute atomic E-state index is 0.00605. The molecule has 0 bridgehead atoms. The molecule has 2 atom stereocenters. The average Bonchev–Trinajstić information content (AvgIpc) is 3.81. The summed E-state index contributed by atoms with van der Waals surface area (Å²) in [6, 6.07) is 0.828. The molecule has 2 heterocycles. The van der Waals surface area contributed by atoms with Crippen LogP contribution in [-0.2, 0) is 16.1 Å². The molecule has 2 aliphatic rings. The smallest absolute Gasteiger partial charge is 0.346 e. The van der Waals surface area contributed by atoms with Gasteiger partial charge < -0.3 is 16.0 Å². The van der Waals surface area contributed by atoms with Gasteiger partial charge >= 0.3 is 6.18 Å². The molecule has 0 spiro atoms. The number of aryl methyl sites for hydroxylation is 1. The maximum Gasteiger partial charge on any atom is 0.405 e. The van der Waals surface area contributed by atoms with Crippen LogP contribution in [0.3, 0.4) is 0 Å². The monoisotopic (exact) mass is 521 g/mol. The first kappa shape index (κ1) is 26.6. The maximum atomic E-state index is 13.4. The number of hydrogen-bond donors (Lipinski definition) is 3. The van der Waals surface area contributed by atoms with Gasteiger partial charge in [-0.15, -0.1) is 0 Å². The first-order valence-electron chi connectivity index (χ1n) is 12.4. The van der Waals surface area contributed by atoms with Gasteiger partial charge in [0.05, 0.1) is 24.0 Å². The number of hydrogen-bond acceptors (Lipinski definition) is 6. The van der Waals surface area contributed by atoms with Gasteiger partial charge in [0.2, 0.25) is 11.8 Å². The van der Waals surface area contributed by atoms with Crippen LogP contribution in [0.2, 0.25) is 0 Å². The number of anilines is 1. The van der Waals surface area contributed by atoms with Crippen molar-refractivity contribution in [1.29, 1.82) is 0 Å². The molecule has 2 saturated carbocycles. The number of nitrogens with one attached hydrogen (secondary N) is 3. The molecule has 2 aliphatic carbocycles. The Morgan fingerprint density at radius 1 is 1.08 bits per heavy atom. The second-order valence-corrected chi connectivity index (χ2v) is 9.61. The molecule has 2 fully saturated rings. The van der Waals surface area contributed by atoms with Crippen LogP contribution in [0, 0.1) is 17.8 Å². The third-order valence-electron chi connectivity index (χ3n) is 6.76. The van der Waals surface area contributed by atoms with E-state index < -0.39 is 36.5 Å². The predicted octanol–water partition coefficient (Wildman–Crippen LogP) is 2.65. The zero-order valence-electron chi connectivity index (χ0n) is 20.6. The summed E-state index contributed by atoms with van der Waals surface area (Å²) in [6.07, 6.45) is 3.54. The number of rotatable bonds is 11. The number of carbonyl (C=O) groups is 3. The molecule has 0 aromatic carbocycles. The van der Waals surface area contributed by atoms with Gasteiger partial charge in [-0.25, -0.2) is 4.98 Å². The van der Waals surface area contributed by atoms with Crippen molar-refractivity contribution in [3.05, 3.63) is 36.0 Å². The van der Waals surface area contributed by atoms with Crippen LogP contribution in [0.15, 0.2) is 24.7 Å². The zero-order valence-corrected chi connectivity index (χ0v) is 20.6. The molecule has 37 heavy (non-hydrogen) atoms. The molecule has 0 saturated heterocycles. The van der Waals surface area contributed by atoms with E-state index in [0.29, 0.717) is 24.1 Å². The predicted molar refractivity (Wildman–Crippen MR) is 126 cm³/mol. The van der Waals surface area contributed by atoms with Crippen LogP contribution >= 0.6 is 0 Å². The summed E-state index contributed by atoms with van der Waals surface area (Å²) >= 11 is 0. The second-order valence-electron chi connectivity index (χ2n) is 9.61. The highest BCUT2D eigenvalue weighted by Gasteiger charge is 2.48. The van der Waals surface area contributed by atoms with E-state index in [9.17, 15) is 27.6 Å². The molecule has 3 amide bonds. The molecule has 0 radical (unpaired) electrons. The van der Waals surface area contributed by atoms with Crippen LogP contribution in [0.25, 0.3) is 0 Å². The Labute approximate surface area is 211 Å². The fraction of sp³-hybridized carbons (Fsp3) is 0.583. The fourth-order valence-electron chi connectivity index (χ4n) is 4.53.